The number of aromatic nitrogens is 1. The molecule has 5 rings (SSSR count). The Balaban J connectivity index is 1.65. The molecule has 1 N–H and O–H groups in total. The van der Waals surface area contributed by atoms with Gasteiger partial charge in [-0.25, -0.2) is 9.78 Å². The summed E-state index contributed by atoms with van der Waals surface area (Å²) in [4.78, 5) is 45.7. The lowest BCUT2D eigenvalue weighted by Gasteiger charge is -2.24. The zero-order valence-corrected chi connectivity index (χ0v) is 26.9. The fourth-order valence-corrected chi connectivity index (χ4v) is 6.23. The molecule has 0 spiro atoms. The molecule has 12 heteroatoms. The van der Waals surface area contributed by atoms with Crippen molar-refractivity contribution in [3.8, 4) is 23.0 Å². The second-order valence-electron chi connectivity index (χ2n) is 10.3. The second kappa shape index (κ2) is 13.3. The number of carbonyl (C=O) groups is 3. The number of hydrogen-bond acceptors (Lipinski definition) is 11. The maximum Gasteiger partial charge on any atom is 0.350 e. The summed E-state index contributed by atoms with van der Waals surface area (Å²) < 4.78 is 27.4. The lowest BCUT2D eigenvalue weighted by Crippen LogP contribution is -2.29. The number of ketones is 1. The van der Waals surface area contributed by atoms with Crippen LogP contribution in [-0.4, -0.2) is 56.2 Å². The van der Waals surface area contributed by atoms with Crippen LogP contribution >= 0.6 is 11.3 Å². The van der Waals surface area contributed by atoms with Crippen LogP contribution in [0.4, 0.5) is 5.13 Å². The van der Waals surface area contributed by atoms with Gasteiger partial charge in [-0.3, -0.25) is 14.5 Å². The quantitative estimate of drug-likeness (QED) is 0.0981. The van der Waals surface area contributed by atoms with Crippen molar-refractivity contribution in [2.75, 3.05) is 33.3 Å². The summed E-state index contributed by atoms with van der Waals surface area (Å²) in [7, 11) is 5.57. The van der Waals surface area contributed by atoms with E-state index in [-0.39, 0.29) is 27.1 Å². The molecule has 1 aromatic heterocycles. The van der Waals surface area contributed by atoms with Crippen LogP contribution in [0.15, 0.2) is 66.2 Å². The molecule has 1 amide bonds. The highest BCUT2D eigenvalue weighted by atomic mass is 32.1. The molecule has 11 nitrogen and oxygen atoms in total. The summed E-state index contributed by atoms with van der Waals surface area (Å²) >= 11 is 0.898. The number of aliphatic hydroxyl groups is 1. The summed E-state index contributed by atoms with van der Waals surface area (Å²) in [5.74, 6) is -1.49. The van der Waals surface area contributed by atoms with E-state index in [0.29, 0.717) is 40.5 Å². The monoisotopic (exact) mass is 644 g/mol. The smallest absolute Gasteiger partial charge is 0.350 e. The molecule has 0 saturated carbocycles. The molecular weight excluding hydrogens is 612 g/mol. The molecule has 2 heterocycles. The van der Waals surface area contributed by atoms with E-state index in [9.17, 15) is 19.5 Å². The predicted molar refractivity (Wildman–Crippen MR) is 171 cm³/mol. The SMILES string of the molecule is COC(=O)c1sc(N2C(=O)C(=O)C(=C(O)c3ccc(OCc4ccccc4)c(C)c3)[C@H]2c2cc(OC)c(OC)c(OC)c2)nc1C. The summed E-state index contributed by atoms with van der Waals surface area (Å²) in [6.45, 7) is 3.76. The van der Waals surface area contributed by atoms with Gasteiger partial charge in [0.1, 0.15) is 23.0 Å². The third-order valence-electron chi connectivity index (χ3n) is 7.49. The Morgan fingerprint density at radius 1 is 0.913 bits per heavy atom. The zero-order valence-electron chi connectivity index (χ0n) is 26.1. The number of aryl methyl sites for hydroxylation is 2. The number of carbonyl (C=O) groups excluding carboxylic acids is 3. The Kier molecular flexibility index (Phi) is 9.28. The highest BCUT2D eigenvalue weighted by molar-refractivity contribution is 7.17. The van der Waals surface area contributed by atoms with E-state index in [2.05, 4.69) is 4.98 Å². The van der Waals surface area contributed by atoms with Crippen molar-refractivity contribution in [1.82, 2.24) is 4.98 Å². The lowest BCUT2D eigenvalue weighted by atomic mass is 9.94. The zero-order chi connectivity index (χ0) is 33.1. The summed E-state index contributed by atoms with van der Waals surface area (Å²) in [5.41, 5.74) is 2.49. The minimum absolute atomic E-state index is 0.0682. The summed E-state index contributed by atoms with van der Waals surface area (Å²) in [6, 6.07) is 16.7. The molecule has 1 fully saturated rings. The van der Waals surface area contributed by atoms with Gasteiger partial charge in [0.2, 0.25) is 5.75 Å². The van der Waals surface area contributed by atoms with Crippen LogP contribution in [0.25, 0.3) is 5.76 Å². The summed E-state index contributed by atoms with van der Waals surface area (Å²) in [6.07, 6.45) is 0. The Hall–Kier alpha value is -5.36. The van der Waals surface area contributed by atoms with Crippen LogP contribution in [0.1, 0.15) is 43.7 Å². The van der Waals surface area contributed by atoms with Gasteiger partial charge in [0.15, 0.2) is 16.6 Å². The standard InChI is InChI=1S/C34H32N2O9S/c1-18-14-21(12-13-23(18)45-17-20-10-8-7-9-11-20)28(37)26-27(22-15-24(41-3)30(43-5)25(16-22)42-4)36(32(39)29(26)38)34-35-19(2)31(46-34)33(40)44-6/h7-16,27,37H,17H2,1-6H3/t27-/m1/s1. The molecule has 238 valence electrons. The van der Waals surface area contributed by atoms with Crippen LogP contribution in [-0.2, 0) is 20.9 Å². The minimum Gasteiger partial charge on any atom is -0.507 e. The van der Waals surface area contributed by atoms with Gasteiger partial charge in [0, 0.05) is 5.56 Å². The number of benzene rings is 3. The van der Waals surface area contributed by atoms with Gasteiger partial charge in [-0.05, 0) is 60.9 Å². The molecule has 0 bridgehead atoms. The van der Waals surface area contributed by atoms with Crippen molar-refractivity contribution < 1.29 is 43.2 Å². The number of Topliss-reactive ketones (excluding diaryl/α,β-unsaturated/α-hetero) is 1. The maximum absolute atomic E-state index is 13.8. The third-order valence-corrected chi connectivity index (χ3v) is 8.63. The highest BCUT2D eigenvalue weighted by Crippen LogP contribution is 2.48. The van der Waals surface area contributed by atoms with E-state index in [0.717, 1.165) is 21.8 Å². The molecule has 0 radical (unpaired) electrons. The van der Waals surface area contributed by atoms with Gasteiger partial charge in [-0.1, -0.05) is 41.7 Å². The Morgan fingerprint density at radius 3 is 2.17 bits per heavy atom. The first-order valence-electron chi connectivity index (χ1n) is 14.1. The van der Waals surface area contributed by atoms with Crippen molar-refractivity contribution in [3.05, 3.63) is 99.1 Å². The van der Waals surface area contributed by atoms with Gasteiger partial charge < -0.3 is 28.8 Å². The average Bonchev–Trinajstić information content (AvgIpc) is 3.58. The number of anilines is 1. The van der Waals surface area contributed by atoms with Crippen LogP contribution in [0, 0.1) is 13.8 Å². The van der Waals surface area contributed by atoms with Gasteiger partial charge in [-0.15, -0.1) is 0 Å². The van der Waals surface area contributed by atoms with Crippen molar-refractivity contribution in [1.29, 1.82) is 0 Å². The molecule has 3 aromatic carbocycles. The van der Waals surface area contributed by atoms with Crippen molar-refractivity contribution in [2.24, 2.45) is 0 Å². The Bertz CT molecular complexity index is 1820. The number of ether oxygens (including phenoxy) is 5. The normalized spacial score (nSPS) is 15.5. The predicted octanol–water partition coefficient (Wildman–Crippen LogP) is 5.78. The van der Waals surface area contributed by atoms with E-state index in [1.165, 1.54) is 28.4 Å². The second-order valence-corrected chi connectivity index (χ2v) is 11.3. The van der Waals surface area contributed by atoms with Crippen molar-refractivity contribution >= 4 is 39.9 Å². The van der Waals surface area contributed by atoms with E-state index >= 15 is 0 Å². The number of rotatable bonds is 10. The topological polar surface area (TPSA) is 134 Å². The van der Waals surface area contributed by atoms with Crippen LogP contribution < -0.4 is 23.8 Å². The minimum atomic E-state index is -1.18. The number of hydrogen-bond donors (Lipinski definition) is 1. The summed E-state index contributed by atoms with van der Waals surface area (Å²) in [5, 5.41) is 11.8. The van der Waals surface area contributed by atoms with Crippen molar-refractivity contribution in [2.45, 2.75) is 26.5 Å². The molecule has 1 saturated heterocycles. The largest absolute Gasteiger partial charge is 0.507 e. The van der Waals surface area contributed by atoms with Gasteiger partial charge in [-0.2, -0.15) is 0 Å². The average molecular weight is 645 g/mol. The lowest BCUT2D eigenvalue weighted by molar-refractivity contribution is -0.132. The molecule has 4 aromatic rings. The van der Waals surface area contributed by atoms with E-state index in [1.807, 2.05) is 37.3 Å². The number of aliphatic hydroxyl groups excluding tert-OH is 1. The molecule has 1 aliphatic heterocycles. The molecule has 46 heavy (non-hydrogen) atoms. The van der Waals surface area contributed by atoms with E-state index in [4.69, 9.17) is 23.7 Å². The Morgan fingerprint density at radius 2 is 1.59 bits per heavy atom. The number of thiazole rings is 1. The first kappa shape index (κ1) is 32.0. The molecule has 0 aliphatic carbocycles. The Labute approximate surface area is 269 Å². The van der Waals surface area contributed by atoms with Gasteiger partial charge in [0.25, 0.3) is 5.78 Å². The first-order valence-corrected chi connectivity index (χ1v) is 14.9. The third kappa shape index (κ3) is 5.86. The number of amides is 1. The van der Waals surface area contributed by atoms with Crippen LogP contribution in [0.5, 0.6) is 23.0 Å². The van der Waals surface area contributed by atoms with Crippen LogP contribution in [0.3, 0.4) is 0 Å². The van der Waals surface area contributed by atoms with E-state index < -0.39 is 29.5 Å². The molecular formula is C34H32N2O9S. The number of methoxy groups -OCH3 is 4. The first-order chi connectivity index (χ1) is 22.1. The highest BCUT2D eigenvalue weighted by Gasteiger charge is 2.49. The fraction of sp³-hybridized carbons (Fsp3) is 0.235. The fourth-order valence-electron chi connectivity index (χ4n) is 5.22. The number of nitrogens with zero attached hydrogens (tertiary/aromatic N) is 2. The molecule has 1 atom stereocenters. The van der Waals surface area contributed by atoms with Crippen molar-refractivity contribution in [3.63, 3.8) is 0 Å². The van der Waals surface area contributed by atoms with Gasteiger partial charge in [0.05, 0.1) is 45.7 Å². The number of esters is 1. The molecule has 1 aliphatic rings. The maximum atomic E-state index is 13.8. The van der Waals surface area contributed by atoms with Gasteiger partial charge >= 0.3 is 11.9 Å². The van der Waals surface area contributed by atoms with E-state index in [1.54, 1.807) is 37.3 Å². The molecule has 0 unspecified atom stereocenters. The van der Waals surface area contributed by atoms with Crippen LogP contribution in [0.2, 0.25) is 0 Å².